The Balaban J connectivity index is 1.94. The first kappa shape index (κ1) is 17.5. The van der Waals surface area contributed by atoms with Crippen LogP contribution in [0.2, 0.25) is 0 Å². The molecule has 1 aliphatic carbocycles. The van der Waals surface area contributed by atoms with E-state index < -0.39 is 0 Å². The molecule has 0 aromatic heterocycles. The van der Waals surface area contributed by atoms with Gasteiger partial charge in [-0.05, 0) is 47.0 Å². The first-order chi connectivity index (χ1) is 10.3. The molecule has 0 aromatic carbocycles. The van der Waals surface area contributed by atoms with Gasteiger partial charge < -0.3 is 15.4 Å². The number of hydrogen-bond donors (Lipinski definition) is 2. The normalized spacial score (nSPS) is 33.6. The summed E-state index contributed by atoms with van der Waals surface area (Å²) < 4.78 is 5.85. The summed E-state index contributed by atoms with van der Waals surface area (Å²) in [6.45, 7) is 16.9. The number of morpholine rings is 1. The standard InChI is InChI=1S/C17H34N4O/c1-7-18-16(20-15-8-12(15)2)19-11-17(5,6)21-9-13(3)22-14(4)10-21/h12-15H,7-11H2,1-6H3,(H2,18,19,20). The predicted molar refractivity (Wildman–Crippen MR) is 92.3 cm³/mol. The number of ether oxygens (including phenoxy) is 1. The topological polar surface area (TPSA) is 48.9 Å². The molecule has 0 aromatic rings. The van der Waals surface area contributed by atoms with Crippen molar-refractivity contribution in [2.45, 2.75) is 71.8 Å². The van der Waals surface area contributed by atoms with Crippen molar-refractivity contribution in [2.75, 3.05) is 26.2 Å². The zero-order valence-corrected chi connectivity index (χ0v) is 15.1. The summed E-state index contributed by atoms with van der Waals surface area (Å²) in [4.78, 5) is 7.35. The molecule has 128 valence electrons. The van der Waals surface area contributed by atoms with Gasteiger partial charge in [0.1, 0.15) is 0 Å². The summed E-state index contributed by atoms with van der Waals surface area (Å²) in [5.74, 6) is 1.73. The van der Waals surface area contributed by atoms with Gasteiger partial charge >= 0.3 is 0 Å². The van der Waals surface area contributed by atoms with Gasteiger partial charge in [-0.3, -0.25) is 9.89 Å². The second-order valence-electron chi connectivity index (χ2n) is 7.63. The molecule has 2 N–H and O–H groups in total. The molecule has 4 unspecified atom stereocenters. The van der Waals surface area contributed by atoms with Crippen molar-refractivity contribution in [1.82, 2.24) is 15.5 Å². The first-order valence-electron chi connectivity index (χ1n) is 8.77. The minimum atomic E-state index is 0.0455. The van der Waals surface area contributed by atoms with Gasteiger partial charge in [0, 0.05) is 31.2 Å². The average molecular weight is 310 g/mol. The molecule has 1 aliphatic heterocycles. The molecule has 1 saturated carbocycles. The lowest BCUT2D eigenvalue weighted by atomic mass is 10.0. The number of nitrogens with zero attached hydrogens (tertiary/aromatic N) is 2. The van der Waals surface area contributed by atoms with Crippen LogP contribution >= 0.6 is 0 Å². The fourth-order valence-electron chi connectivity index (χ4n) is 3.06. The molecule has 2 rings (SSSR count). The number of nitrogens with one attached hydrogen (secondary N) is 2. The minimum Gasteiger partial charge on any atom is -0.373 e. The van der Waals surface area contributed by atoms with Gasteiger partial charge in [0.15, 0.2) is 5.96 Å². The maximum absolute atomic E-state index is 5.85. The Labute approximate surface area is 135 Å². The average Bonchev–Trinajstić information content (AvgIpc) is 3.11. The summed E-state index contributed by atoms with van der Waals surface area (Å²) in [5.41, 5.74) is 0.0455. The van der Waals surface area contributed by atoms with Gasteiger partial charge in [0.2, 0.25) is 0 Å². The van der Waals surface area contributed by atoms with Gasteiger partial charge in [-0.25, -0.2) is 0 Å². The first-order valence-corrected chi connectivity index (χ1v) is 8.77. The van der Waals surface area contributed by atoms with Crippen LogP contribution in [-0.2, 0) is 4.74 Å². The SMILES string of the molecule is CCNC(=NCC(C)(C)N1CC(C)OC(C)C1)NC1CC1C. The van der Waals surface area contributed by atoms with Crippen LogP contribution in [0.15, 0.2) is 4.99 Å². The summed E-state index contributed by atoms with van der Waals surface area (Å²) in [7, 11) is 0. The minimum absolute atomic E-state index is 0.0455. The van der Waals surface area contributed by atoms with Crippen molar-refractivity contribution < 1.29 is 4.74 Å². The molecule has 0 amide bonds. The van der Waals surface area contributed by atoms with Crippen LogP contribution in [0.4, 0.5) is 0 Å². The van der Waals surface area contributed by atoms with Crippen LogP contribution in [-0.4, -0.2) is 60.8 Å². The monoisotopic (exact) mass is 310 g/mol. The fraction of sp³-hybridized carbons (Fsp3) is 0.941. The summed E-state index contributed by atoms with van der Waals surface area (Å²) in [5, 5.41) is 6.89. The van der Waals surface area contributed by atoms with Crippen LogP contribution in [0, 0.1) is 5.92 Å². The van der Waals surface area contributed by atoms with E-state index in [0.717, 1.165) is 38.1 Å². The van der Waals surface area contributed by atoms with E-state index in [1.807, 2.05) is 0 Å². The predicted octanol–water partition coefficient (Wildman–Crippen LogP) is 1.84. The smallest absolute Gasteiger partial charge is 0.191 e. The van der Waals surface area contributed by atoms with Crippen LogP contribution in [0.1, 0.15) is 48.0 Å². The molecule has 22 heavy (non-hydrogen) atoms. The molecule has 0 spiro atoms. The van der Waals surface area contributed by atoms with Gasteiger partial charge in [-0.2, -0.15) is 0 Å². The Morgan fingerprint density at radius 1 is 1.23 bits per heavy atom. The molecular formula is C17H34N4O. The highest BCUT2D eigenvalue weighted by Gasteiger charge is 2.35. The lowest BCUT2D eigenvalue weighted by molar-refractivity contribution is -0.0939. The van der Waals surface area contributed by atoms with E-state index in [1.165, 1.54) is 6.42 Å². The van der Waals surface area contributed by atoms with Crippen molar-refractivity contribution in [3.8, 4) is 0 Å². The van der Waals surface area contributed by atoms with E-state index in [4.69, 9.17) is 9.73 Å². The molecule has 5 heteroatoms. The largest absolute Gasteiger partial charge is 0.373 e. The third-order valence-corrected chi connectivity index (χ3v) is 4.68. The highest BCUT2D eigenvalue weighted by Crippen LogP contribution is 2.28. The molecule has 2 fully saturated rings. The molecule has 5 nitrogen and oxygen atoms in total. The lowest BCUT2D eigenvalue weighted by Gasteiger charge is -2.44. The Kier molecular flexibility index (Phi) is 5.72. The summed E-state index contributed by atoms with van der Waals surface area (Å²) in [6.07, 6.45) is 1.85. The fourth-order valence-corrected chi connectivity index (χ4v) is 3.06. The zero-order chi connectivity index (χ0) is 16.3. The van der Waals surface area contributed by atoms with Crippen molar-refractivity contribution in [3.63, 3.8) is 0 Å². The second-order valence-corrected chi connectivity index (χ2v) is 7.63. The van der Waals surface area contributed by atoms with Gasteiger partial charge in [0.05, 0.1) is 18.8 Å². The number of guanidine groups is 1. The molecule has 0 radical (unpaired) electrons. The summed E-state index contributed by atoms with van der Waals surface area (Å²) >= 11 is 0. The molecule has 4 atom stereocenters. The van der Waals surface area contributed by atoms with E-state index in [9.17, 15) is 0 Å². The van der Waals surface area contributed by atoms with Crippen molar-refractivity contribution >= 4 is 5.96 Å². The quantitative estimate of drug-likeness (QED) is 0.601. The van der Waals surface area contributed by atoms with E-state index in [-0.39, 0.29) is 5.54 Å². The Morgan fingerprint density at radius 2 is 1.82 bits per heavy atom. The Hall–Kier alpha value is -0.810. The molecular weight excluding hydrogens is 276 g/mol. The second kappa shape index (κ2) is 7.18. The van der Waals surface area contributed by atoms with Gasteiger partial charge in [0.25, 0.3) is 0 Å². The maximum atomic E-state index is 5.85. The molecule has 2 aliphatic rings. The van der Waals surface area contributed by atoms with Crippen molar-refractivity contribution in [3.05, 3.63) is 0 Å². The van der Waals surface area contributed by atoms with Crippen molar-refractivity contribution in [2.24, 2.45) is 10.9 Å². The highest BCUT2D eigenvalue weighted by molar-refractivity contribution is 5.80. The highest BCUT2D eigenvalue weighted by atomic mass is 16.5. The lowest BCUT2D eigenvalue weighted by Crippen LogP contribution is -2.56. The third kappa shape index (κ3) is 4.85. The zero-order valence-electron chi connectivity index (χ0n) is 15.1. The summed E-state index contributed by atoms with van der Waals surface area (Å²) in [6, 6.07) is 0.601. The third-order valence-electron chi connectivity index (χ3n) is 4.68. The van der Waals surface area contributed by atoms with E-state index in [2.05, 4.69) is 57.1 Å². The van der Waals surface area contributed by atoms with Crippen molar-refractivity contribution in [1.29, 1.82) is 0 Å². The maximum Gasteiger partial charge on any atom is 0.191 e. The molecule has 1 saturated heterocycles. The van der Waals surface area contributed by atoms with Crippen LogP contribution in [0.3, 0.4) is 0 Å². The molecule has 0 bridgehead atoms. The van der Waals surface area contributed by atoms with E-state index in [0.29, 0.717) is 18.2 Å². The molecule has 1 heterocycles. The van der Waals surface area contributed by atoms with Crippen LogP contribution in [0.5, 0.6) is 0 Å². The number of rotatable bonds is 5. The van der Waals surface area contributed by atoms with E-state index in [1.54, 1.807) is 0 Å². The van der Waals surface area contributed by atoms with E-state index >= 15 is 0 Å². The Bertz CT molecular complexity index is 386. The number of hydrogen-bond acceptors (Lipinski definition) is 3. The Morgan fingerprint density at radius 3 is 2.32 bits per heavy atom. The van der Waals surface area contributed by atoms with Gasteiger partial charge in [-0.15, -0.1) is 0 Å². The van der Waals surface area contributed by atoms with Crippen LogP contribution < -0.4 is 10.6 Å². The van der Waals surface area contributed by atoms with Gasteiger partial charge in [-0.1, -0.05) is 6.92 Å². The van der Waals surface area contributed by atoms with Crippen LogP contribution in [0.25, 0.3) is 0 Å². The number of aliphatic imine (C=N–C) groups is 1.